The summed E-state index contributed by atoms with van der Waals surface area (Å²) in [6, 6.07) is 60.5. The van der Waals surface area contributed by atoms with Crippen molar-refractivity contribution in [3.05, 3.63) is 193 Å². The van der Waals surface area contributed by atoms with Crippen molar-refractivity contribution in [1.29, 1.82) is 0 Å². The summed E-state index contributed by atoms with van der Waals surface area (Å²) in [4.78, 5) is 5.16. The van der Waals surface area contributed by atoms with Gasteiger partial charge in [0.05, 0.1) is 22.4 Å². The van der Waals surface area contributed by atoms with Crippen LogP contribution in [-0.2, 0) is 0 Å². The van der Waals surface area contributed by atoms with Crippen LogP contribution in [0.1, 0.15) is 22.9 Å². The molecule has 0 aliphatic carbocycles. The molecule has 1 aliphatic heterocycles. The SMILES string of the molecule is C1=C(c2ccc(-n3c4ccccc4c4cc(-c5ccccc5)ccc43)c3ccccc23)NC(c2ccccc2)N=C1c1ccccc1. The van der Waals surface area contributed by atoms with E-state index in [4.69, 9.17) is 4.99 Å². The minimum Gasteiger partial charge on any atom is -0.359 e. The Hall–Kier alpha value is -6.19. The number of fused-ring (bicyclic) bond motifs is 4. The summed E-state index contributed by atoms with van der Waals surface area (Å²) in [6.45, 7) is 0. The van der Waals surface area contributed by atoms with E-state index < -0.39 is 0 Å². The number of aliphatic imine (C=N–C) groups is 1. The quantitative estimate of drug-likeness (QED) is 0.209. The van der Waals surface area contributed by atoms with Gasteiger partial charge in [0.2, 0.25) is 0 Å². The Morgan fingerprint density at radius 2 is 1.09 bits per heavy atom. The Bertz CT molecular complexity index is 2470. The Morgan fingerprint density at radius 1 is 0.468 bits per heavy atom. The number of para-hydroxylation sites is 1. The molecule has 1 aromatic heterocycles. The molecule has 0 spiro atoms. The molecule has 9 rings (SSSR count). The lowest BCUT2D eigenvalue weighted by atomic mass is 9.96. The van der Waals surface area contributed by atoms with Crippen LogP contribution in [0.2, 0.25) is 0 Å². The minimum absolute atomic E-state index is 0.194. The second kappa shape index (κ2) is 11.3. The van der Waals surface area contributed by atoms with Crippen LogP contribution in [0.3, 0.4) is 0 Å². The largest absolute Gasteiger partial charge is 0.359 e. The van der Waals surface area contributed by atoms with E-state index in [2.05, 4.69) is 174 Å². The summed E-state index contributed by atoms with van der Waals surface area (Å²) in [7, 11) is 0. The van der Waals surface area contributed by atoms with Crippen molar-refractivity contribution in [2.24, 2.45) is 4.99 Å². The highest BCUT2D eigenvalue weighted by atomic mass is 15.1. The average Bonchev–Trinajstić information content (AvgIpc) is 3.49. The van der Waals surface area contributed by atoms with E-state index in [-0.39, 0.29) is 6.17 Å². The summed E-state index contributed by atoms with van der Waals surface area (Å²) >= 11 is 0. The van der Waals surface area contributed by atoms with Crippen molar-refractivity contribution >= 4 is 44.0 Å². The molecule has 1 unspecified atom stereocenters. The molecule has 1 N–H and O–H groups in total. The van der Waals surface area contributed by atoms with Crippen LogP contribution in [0, 0.1) is 0 Å². The number of hydrogen-bond acceptors (Lipinski definition) is 2. The Morgan fingerprint density at radius 3 is 1.85 bits per heavy atom. The molecule has 2 heterocycles. The van der Waals surface area contributed by atoms with Gasteiger partial charge in [-0.25, -0.2) is 0 Å². The van der Waals surface area contributed by atoms with Crippen molar-refractivity contribution in [3.63, 3.8) is 0 Å². The Balaban J connectivity index is 1.23. The maximum Gasteiger partial charge on any atom is 0.145 e. The number of rotatable bonds is 5. The predicted octanol–water partition coefficient (Wildman–Crippen LogP) is 10.7. The molecule has 0 bridgehead atoms. The van der Waals surface area contributed by atoms with Gasteiger partial charge in [-0.3, -0.25) is 4.99 Å². The third-order valence-corrected chi connectivity index (χ3v) is 9.24. The first kappa shape index (κ1) is 27.1. The second-order valence-electron chi connectivity index (χ2n) is 12.0. The number of benzene rings is 7. The number of nitrogens with zero attached hydrogens (tertiary/aromatic N) is 2. The van der Waals surface area contributed by atoms with Crippen LogP contribution in [-0.4, -0.2) is 10.3 Å². The van der Waals surface area contributed by atoms with Gasteiger partial charge in [-0.2, -0.15) is 0 Å². The molecule has 8 aromatic rings. The summed E-state index contributed by atoms with van der Waals surface area (Å²) in [5.74, 6) is 0. The van der Waals surface area contributed by atoms with Crippen LogP contribution in [0.5, 0.6) is 0 Å². The molecular formula is C44H31N3. The van der Waals surface area contributed by atoms with Crippen molar-refractivity contribution in [2.45, 2.75) is 6.17 Å². The van der Waals surface area contributed by atoms with Gasteiger partial charge >= 0.3 is 0 Å². The lowest BCUT2D eigenvalue weighted by molar-refractivity contribution is 0.664. The van der Waals surface area contributed by atoms with E-state index in [9.17, 15) is 0 Å². The van der Waals surface area contributed by atoms with Crippen LogP contribution in [0.4, 0.5) is 0 Å². The molecule has 1 atom stereocenters. The second-order valence-corrected chi connectivity index (χ2v) is 12.0. The molecular weight excluding hydrogens is 571 g/mol. The zero-order chi connectivity index (χ0) is 31.2. The molecule has 0 amide bonds. The van der Waals surface area contributed by atoms with Crippen LogP contribution in [0.25, 0.3) is 55.1 Å². The zero-order valence-electron chi connectivity index (χ0n) is 25.7. The number of nitrogens with one attached hydrogen (secondary N) is 1. The highest BCUT2D eigenvalue weighted by Crippen LogP contribution is 2.39. The fourth-order valence-corrected chi connectivity index (χ4v) is 7.01. The third kappa shape index (κ3) is 4.72. The minimum atomic E-state index is -0.194. The average molecular weight is 602 g/mol. The van der Waals surface area contributed by atoms with Gasteiger partial charge in [-0.15, -0.1) is 0 Å². The highest BCUT2D eigenvalue weighted by molar-refractivity contribution is 6.15. The fraction of sp³-hybridized carbons (Fsp3) is 0.0227. The first-order valence-electron chi connectivity index (χ1n) is 16.1. The molecule has 3 nitrogen and oxygen atoms in total. The predicted molar refractivity (Wildman–Crippen MR) is 197 cm³/mol. The molecule has 222 valence electrons. The molecule has 0 saturated carbocycles. The summed E-state index contributed by atoms with van der Waals surface area (Å²) in [6.07, 6.45) is 2.00. The summed E-state index contributed by atoms with van der Waals surface area (Å²) < 4.78 is 2.43. The highest BCUT2D eigenvalue weighted by Gasteiger charge is 2.22. The molecule has 3 heteroatoms. The van der Waals surface area contributed by atoms with Gasteiger partial charge < -0.3 is 9.88 Å². The van der Waals surface area contributed by atoms with E-state index in [0.717, 1.165) is 33.8 Å². The molecule has 1 aliphatic rings. The maximum atomic E-state index is 5.16. The first-order chi connectivity index (χ1) is 23.3. The van der Waals surface area contributed by atoms with Gasteiger partial charge in [-0.05, 0) is 58.0 Å². The Kier molecular flexibility index (Phi) is 6.53. The van der Waals surface area contributed by atoms with E-state index in [1.807, 2.05) is 12.1 Å². The first-order valence-corrected chi connectivity index (χ1v) is 16.1. The van der Waals surface area contributed by atoms with Crippen LogP contribution < -0.4 is 5.32 Å². The van der Waals surface area contributed by atoms with E-state index in [1.165, 1.54) is 43.7 Å². The third-order valence-electron chi connectivity index (χ3n) is 9.24. The molecule has 0 radical (unpaired) electrons. The lowest BCUT2D eigenvalue weighted by Crippen LogP contribution is -2.25. The molecule has 7 aromatic carbocycles. The van der Waals surface area contributed by atoms with Crippen molar-refractivity contribution < 1.29 is 0 Å². The van der Waals surface area contributed by atoms with Crippen LogP contribution >= 0.6 is 0 Å². The van der Waals surface area contributed by atoms with Gasteiger partial charge in [0.25, 0.3) is 0 Å². The molecule has 47 heavy (non-hydrogen) atoms. The van der Waals surface area contributed by atoms with Gasteiger partial charge in [0, 0.05) is 27.4 Å². The molecule has 0 fully saturated rings. The van der Waals surface area contributed by atoms with Gasteiger partial charge in [-0.1, -0.05) is 146 Å². The molecule has 0 saturated heterocycles. The number of allylic oxidation sites excluding steroid dienone is 1. The Labute approximate surface area is 273 Å². The van der Waals surface area contributed by atoms with E-state index >= 15 is 0 Å². The van der Waals surface area contributed by atoms with Crippen molar-refractivity contribution in [2.75, 3.05) is 0 Å². The standard InChI is InChI=1S/C44H31N3/c1-4-14-30(15-5-1)33-24-26-43-38(28-33)37-22-12-13-23-41(37)47(43)42-27-25-35(34-20-10-11-21-36(34)42)40-29-39(31-16-6-2-7-17-31)45-44(46-40)32-18-8-3-9-19-32/h1-29,44,46H. The van der Waals surface area contributed by atoms with Gasteiger partial charge in [0.15, 0.2) is 0 Å². The monoisotopic (exact) mass is 601 g/mol. The van der Waals surface area contributed by atoms with Crippen molar-refractivity contribution in [3.8, 4) is 16.8 Å². The van der Waals surface area contributed by atoms with Crippen LogP contribution in [0.15, 0.2) is 181 Å². The zero-order valence-corrected chi connectivity index (χ0v) is 25.7. The smallest absolute Gasteiger partial charge is 0.145 e. The number of hydrogen-bond donors (Lipinski definition) is 1. The van der Waals surface area contributed by atoms with Crippen molar-refractivity contribution in [1.82, 2.24) is 9.88 Å². The van der Waals surface area contributed by atoms with E-state index in [0.29, 0.717) is 0 Å². The fourth-order valence-electron chi connectivity index (χ4n) is 7.01. The number of aromatic nitrogens is 1. The van der Waals surface area contributed by atoms with Gasteiger partial charge in [0.1, 0.15) is 6.17 Å². The normalized spacial score (nSPS) is 14.6. The lowest BCUT2D eigenvalue weighted by Gasteiger charge is -2.26. The van der Waals surface area contributed by atoms with E-state index in [1.54, 1.807) is 0 Å². The topological polar surface area (TPSA) is 29.3 Å². The summed E-state index contributed by atoms with van der Waals surface area (Å²) in [5, 5.41) is 8.67. The maximum absolute atomic E-state index is 5.16. The summed E-state index contributed by atoms with van der Waals surface area (Å²) in [5.41, 5.74) is 11.4.